The maximum atomic E-state index is 9.92. The van der Waals surface area contributed by atoms with Crippen molar-refractivity contribution in [3.05, 3.63) is 0 Å². The second kappa shape index (κ2) is 4.73. The van der Waals surface area contributed by atoms with Gasteiger partial charge < -0.3 is 19.2 Å². The van der Waals surface area contributed by atoms with Gasteiger partial charge in [0, 0.05) is 19.2 Å². The number of ether oxygens (including phenoxy) is 2. The molecule has 2 heterocycles. The summed E-state index contributed by atoms with van der Waals surface area (Å²) in [5.74, 6) is -0.398. The Kier molecular flexibility index (Phi) is 3.45. The van der Waals surface area contributed by atoms with Crippen molar-refractivity contribution in [3.8, 4) is 0 Å². The van der Waals surface area contributed by atoms with E-state index in [0.29, 0.717) is 6.32 Å². The molecule has 1 spiro atoms. The lowest BCUT2D eigenvalue weighted by molar-refractivity contribution is -0.200. The van der Waals surface area contributed by atoms with Crippen LogP contribution in [0, 0.1) is 5.41 Å². The highest BCUT2D eigenvalue weighted by Gasteiger charge is 2.56. The zero-order valence-corrected chi connectivity index (χ0v) is 12.2. The van der Waals surface area contributed by atoms with Crippen LogP contribution in [-0.2, 0) is 14.1 Å². The van der Waals surface area contributed by atoms with Crippen LogP contribution in [0.1, 0.15) is 52.9 Å². The van der Waals surface area contributed by atoms with Gasteiger partial charge in [-0.3, -0.25) is 0 Å². The van der Waals surface area contributed by atoms with E-state index in [1.807, 2.05) is 0 Å². The van der Waals surface area contributed by atoms with Crippen LogP contribution in [0.4, 0.5) is 0 Å². The van der Waals surface area contributed by atoms with E-state index < -0.39 is 12.9 Å². The average molecular weight is 268 g/mol. The Morgan fingerprint density at radius 1 is 1.11 bits per heavy atom. The Morgan fingerprint density at radius 2 is 1.79 bits per heavy atom. The first kappa shape index (κ1) is 13.9. The van der Waals surface area contributed by atoms with Crippen molar-refractivity contribution in [1.29, 1.82) is 0 Å². The zero-order chi connectivity index (χ0) is 13.7. The first-order valence-corrected chi connectivity index (χ1v) is 7.59. The van der Waals surface area contributed by atoms with Gasteiger partial charge in [-0.25, -0.2) is 0 Å². The van der Waals surface area contributed by atoms with Crippen molar-refractivity contribution >= 4 is 7.12 Å². The summed E-state index contributed by atoms with van der Waals surface area (Å²) < 4.78 is 18.3. The molecule has 1 saturated carbocycles. The van der Waals surface area contributed by atoms with Gasteiger partial charge in [0.1, 0.15) is 6.10 Å². The van der Waals surface area contributed by atoms with Crippen molar-refractivity contribution < 1.29 is 19.2 Å². The third-order valence-corrected chi connectivity index (χ3v) is 4.59. The monoisotopic (exact) mass is 268 g/mol. The van der Waals surface area contributed by atoms with Gasteiger partial charge in [0.2, 0.25) is 0 Å². The van der Waals surface area contributed by atoms with Crippen molar-refractivity contribution in [2.24, 2.45) is 5.41 Å². The minimum atomic E-state index is -0.729. The minimum absolute atomic E-state index is 0.0222. The highest BCUT2D eigenvalue weighted by atomic mass is 16.8. The normalized spacial score (nSPS) is 38.5. The molecule has 0 unspecified atom stereocenters. The predicted octanol–water partition coefficient (Wildman–Crippen LogP) is 2.36. The Morgan fingerprint density at radius 3 is 2.42 bits per heavy atom. The first-order chi connectivity index (χ1) is 8.90. The molecular weight excluding hydrogens is 243 g/mol. The third-order valence-electron chi connectivity index (χ3n) is 4.59. The highest BCUT2D eigenvalue weighted by molar-refractivity contribution is 6.43. The average Bonchev–Trinajstić information content (AvgIpc) is 2.65. The molecule has 3 aliphatic rings. The fourth-order valence-corrected chi connectivity index (χ4v) is 3.66. The molecule has 0 radical (unpaired) electrons. The van der Waals surface area contributed by atoms with Crippen LogP contribution in [0.3, 0.4) is 0 Å². The molecule has 3 atom stereocenters. The van der Waals surface area contributed by atoms with E-state index in [1.54, 1.807) is 0 Å². The van der Waals surface area contributed by atoms with Gasteiger partial charge in [-0.15, -0.1) is 0 Å². The molecule has 0 aromatic rings. The van der Waals surface area contributed by atoms with Gasteiger partial charge in [-0.05, 0) is 18.3 Å². The number of hydrogen-bond acceptors (Lipinski definition) is 4. The van der Waals surface area contributed by atoms with Crippen LogP contribution in [0.15, 0.2) is 0 Å². The molecular formula is C14H25BO4. The summed E-state index contributed by atoms with van der Waals surface area (Å²) in [5.41, 5.74) is -0.0616. The molecule has 19 heavy (non-hydrogen) atoms. The first-order valence-electron chi connectivity index (χ1n) is 7.59. The molecule has 0 aromatic carbocycles. The second-order valence-corrected chi connectivity index (χ2v) is 7.32. The Labute approximate surface area is 115 Å². The molecule has 0 bridgehead atoms. The van der Waals surface area contributed by atoms with E-state index in [2.05, 4.69) is 20.8 Å². The van der Waals surface area contributed by atoms with Crippen LogP contribution in [0.5, 0.6) is 0 Å². The molecule has 3 rings (SSSR count). The number of hydrogen-bond donors (Lipinski definition) is 1. The standard InChI is InChI=1S/C14H25BO4/c1-13(2,3)12-11-10(9-15(16)19-12)17-14(18-11)7-5-4-6-8-14/h10-12,16H,4-9H2,1-3H3/t10-,11-,12+/m0/s1. The quantitative estimate of drug-likeness (QED) is 0.685. The van der Waals surface area contributed by atoms with Crippen LogP contribution in [-0.4, -0.2) is 36.2 Å². The van der Waals surface area contributed by atoms with E-state index in [9.17, 15) is 5.02 Å². The summed E-state index contributed by atoms with van der Waals surface area (Å²) in [5, 5.41) is 9.92. The highest BCUT2D eigenvalue weighted by Crippen LogP contribution is 2.47. The van der Waals surface area contributed by atoms with Gasteiger partial charge in [0.15, 0.2) is 5.79 Å². The lowest BCUT2D eigenvalue weighted by Gasteiger charge is -2.41. The SMILES string of the molecule is CC(C)(C)[C@@H]1OB(O)C[C@@H]2OC3(CCCCC3)O[C@@H]21. The Balaban J connectivity index is 1.80. The smallest absolute Gasteiger partial charge is 0.427 e. The van der Waals surface area contributed by atoms with Crippen LogP contribution in [0.2, 0.25) is 6.32 Å². The summed E-state index contributed by atoms with van der Waals surface area (Å²) in [7, 11) is -0.729. The summed E-state index contributed by atoms with van der Waals surface area (Å²) in [6.45, 7) is 6.38. The van der Waals surface area contributed by atoms with E-state index >= 15 is 0 Å². The molecule has 108 valence electrons. The molecule has 1 aliphatic carbocycles. The second-order valence-electron chi connectivity index (χ2n) is 7.32. The van der Waals surface area contributed by atoms with Crippen LogP contribution in [0.25, 0.3) is 0 Å². The largest absolute Gasteiger partial charge is 0.457 e. The molecule has 3 fully saturated rings. The maximum Gasteiger partial charge on any atom is 0.457 e. The molecule has 2 saturated heterocycles. The van der Waals surface area contributed by atoms with Crippen LogP contribution < -0.4 is 0 Å². The number of fused-ring (bicyclic) bond motifs is 1. The third kappa shape index (κ3) is 2.58. The molecule has 1 N–H and O–H groups in total. The lowest BCUT2D eigenvalue weighted by atomic mass is 9.71. The van der Waals surface area contributed by atoms with E-state index in [1.165, 1.54) is 19.3 Å². The predicted molar refractivity (Wildman–Crippen MR) is 72.7 cm³/mol. The van der Waals surface area contributed by atoms with Gasteiger partial charge >= 0.3 is 7.12 Å². The minimum Gasteiger partial charge on any atom is -0.427 e. The van der Waals surface area contributed by atoms with Gasteiger partial charge in [-0.2, -0.15) is 0 Å². The summed E-state index contributed by atoms with van der Waals surface area (Å²) in [4.78, 5) is 0. The van der Waals surface area contributed by atoms with Crippen molar-refractivity contribution in [2.45, 2.75) is 83.3 Å². The van der Waals surface area contributed by atoms with Gasteiger partial charge in [-0.1, -0.05) is 27.2 Å². The summed E-state index contributed by atoms with van der Waals surface area (Å²) in [6.07, 6.45) is 5.92. The van der Waals surface area contributed by atoms with Crippen molar-refractivity contribution in [2.75, 3.05) is 0 Å². The fourth-order valence-electron chi connectivity index (χ4n) is 3.66. The maximum absolute atomic E-state index is 9.92. The lowest BCUT2D eigenvalue weighted by Crippen LogP contribution is -2.53. The Bertz CT molecular complexity index is 335. The van der Waals surface area contributed by atoms with E-state index in [-0.39, 0.29) is 23.7 Å². The zero-order valence-electron chi connectivity index (χ0n) is 12.2. The molecule has 0 amide bonds. The topological polar surface area (TPSA) is 47.9 Å². The van der Waals surface area contributed by atoms with Gasteiger partial charge in [0.25, 0.3) is 0 Å². The molecule has 4 nitrogen and oxygen atoms in total. The fraction of sp³-hybridized carbons (Fsp3) is 1.00. The molecule has 2 aliphatic heterocycles. The van der Waals surface area contributed by atoms with E-state index in [0.717, 1.165) is 12.8 Å². The summed E-state index contributed by atoms with van der Waals surface area (Å²) in [6, 6.07) is 0. The van der Waals surface area contributed by atoms with Gasteiger partial charge in [0.05, 0.1) is 12.2 Å². The molecule has 0 aromatic heterocycles. The van der Waals surface area contributed by atoms with Crippen molar-refractivity contribution in [1.82, 2.24) is 0 Å². The molecule has 5 heteroatoms. The van der Waals surface area contributed by atoms with Crippen LogP contribution >= 0.6 is 0 Å². The van der Waals surface area contributed by atoms with E-state index in [4.69, 9.17) is 14.1 Å². The summed E-state index contributed by atoms with van der Waals surface area (Å²) >= 11 is 0. The number of rotatable bonds is 0. The Hall–Kier alpha value is -0.0951. The van der Waals surface area contributed by atoms with Crippen molar-refractivity contribution in [3.63, 3.8) is 0 Å².